The highest BCUT2D eigenvalue weighted by Gasteiger charge is 2.10. The van der Waals surface area contributed by atoms with Gasteiger partial charge in [0.1, 0.15) is 5.78 Å². The molecule has 11 heavy (non-hydrogen) atoms. The molecule has 0 aliphatic rings. The monoisotopic (exact) mass is 158 g/mol. The van der Waals surface area contributed by atoms with Gasteiger partial charge >= 0.3 is 0 Å². The second-order valence-corrected chi connectivity index (χ2v) is 3.02. The molecule has 0 amide bonds. The largest absolute Gasteiger partial charge is 0.321 e. The fourth-order valence-corrected chi connectivity index (χ4v) is 0.820. The summed E-state index contributed by atoms with van der Waals surface area (Å²) >= 11 is 0. The molecule has 0 aliphatic heterocycles. The molecule has 2 N–H and O–H groups in total. The fourth-order valence-electron chi connectivity index (χ4n) is 0.820. The molecule has 0 aliphatic carbocycles. The van der Waals surface area contributed by atoms with Crippen LogP contribution in [0.3, 0.4) is 0 Å². The highest BCUT2D eigenvalue weighted by molar-refractivity contribution is 5.83. The zero-order chi connectivity index (χ0) is 8.85. The fraction of sp³-hybridized carbons (Fsp3) is 0.875. The predicted octanol–water partition coefficient (Wildman–Crippen LogP) is 0.244. The Balaban J connectivity index is 3.52. The summed E-state index contributed by atoms with van der Waals surface area (Å²) in [6.45, 7) is 2.73. The van der Waals surface area contributed by atoms with Gasteiger partial charge in [-0.2, -0.15) is 0 Å². The van der Waals surface area contributed by atoms with Crippen LogP contribution < -0.4 is 5.73 Å². The average molecular weight is 158 g/mol. The van der Waals surface area contributed by atoms with Crippen molar-refractivity contribution in [2.75, 3.05) is 20.6 Å². The number of nitrogens with zero attached hydrogens (tertiary/aromatic N) is 1. The number of hydrogen-bond donors (Lipinski definition) is 1. The quantitative estimate of drug-likeness (QED) is 0.623. The van der Waals surface area contributed by atoms with Gasteiger partial charge in [0, 0.05) is 6.42 Å². The molecular weight excluding hydrogens is 140 g/mol. The summed E-state index contributed by atoms with van der Waals surface area (Å²) in [5.74, 6) is 0.159. The van der Waals surface area contributed by atoms with Crippen LogP contribution in [0.15, 0.2) is 0 Å². The van der Waals surface area contributed by atoms with E-state index in [1.165, 1.54) is 0 Å². The normalized spacial score (nSPS) is 13.5. The third kappa shape index (κ3) is 4.93. The van der Waals surface area contributed by atoms with Crippen molar-refractivity contribution in [1.29, 1.82) is 0 Å². The molecule has 0 aromatic rings. The summed E-state index contributed by atoms with van der Waals surface area (Å²) in [6.07, 6.45) is 1.31. The molecule has 3 nitrogen and oxygen atoms in total. The van der Waals surface area contributed by atoms with Crippen molar-refractivity contribution in [3.05, 3.63) is 0 Å². The summed E-state index contributed by atoms with van der Waals surface area (Å²) < 4.78 is 0. The van der Waals surface area contributed by atoms with Crippen LogP contribution in [0.1, 0.15) is 19.8 Å². The highest BCUT2D eigenvalue weighted by atomic mass is 16.1. The smallest absolute Gasteiger partial charge is 0.149 e. The van der Waals surface area contributed by atoms with Crippen LogP contribution in [0.25, 0.3) is 0 Å². The Hall–Kier alpha value is -0.410. The van der Waals surface area contributed by atoms with Gasteiger partial charge in [-0.15, -0.1) is 0 Å². The van der Waals surface area contributed by atoms with Gasteiger partial charge in [0.15, 0.2) is 0 Å². The van der Waals surface area contributed by atoms with Crippen molar-refractivity contribution in [2.45, 2.75) is 25.8 Å². The van der Waals surface area contributed by atoms with Gasteiger partial charge in [0.2, 0.25) is 0 Å². The van der Waals surface area contributed by atoms with Crippen molar-refractivity contribution < 1.29 is 4.79 Å². The molecule has 0 spiro atoms. The summed E-state index contributed by atoms with van der Waals surface area (Å²) in [5, 5.41) is 0. The van der Waals surface area contributed by atoms with Gasteiger partial charge in [-0.25, -0.2) is 0 Å². The van der Waals surface area contributed by atoms with Crippen molar-refractivity contribution >= 4 is 5.78 Å². The van der Waals surface area contributed by atoms with Crippen LogP contribution in [-0.4, -0.2) is 37.4 Å². The van der Waals surface area contributed by atoms with Crippen molar-refractivity contribution in [3.63, 3.8) is 0 Å². The minimum absolute atomic E-state index is 0.159. The maximum absolute atomic E-state index is 11.0. The van der Waals surface area contributed by atoms with Crippen LogP contribution >= 0.6 is 0 Å². The molecule has 0 fully saturated rings. The molecule has 1 unspecified atom stereocenters. The highest BCUT2D eigenvalue weighted by Crippen LogP contribution is 1.94. The van der Waals surface area contributed by atoms with Gasteiger partial charge < -0.3 is 10.6 Å². The van der Waals surface area contributed by atoms with Crippen molar-refractivity contribution in [1.82, 2.24) is 4.90 Å². The molecule has 1 atom stereocenters. The van der Waals surface area contributed by atoms with E-state index < -0.39 is 0 Å². The van der Waals surface area contributed by atoms with E-state index in [9.17, 15) is 4.79 Å². The van der Waals surface area contributed by atoms with Gasteiger partial charge in [0.05, 0.1) is 6.04 Å². The van der Waals surface area contributed by atoms with Gasteiger partial charge in [-0.05, 0) is 27.1 Å². The molecule has 0 bridgehead atoms. The van der Waals surface area contributed by atoms with Gasteiger partial charge in [0.25, 0.3) is 0 Å². The zero-order valence-electron chi connectivity index (χ0n) is 7.63. The first-order valence-electron chi connectivity index (χ1n) is 4.01. The SMILES string of the molecule is CCC(=O)C(N)CCN(C)C. The molecule has 66 valence electrons. The Morgan fingerprint density at radius 3 is 2.45 bits per heavy atom. The van der Waals surface area contributed by atoms with Crippen LogP contribution in [0, 0.1) is 0 Å². The number of carbonyl (C=O) groups excluding carboxylic acids is 1. The Bertz CT molecular complexity index is 123. The number of nitrogens with two attached hydrogens (primary N) is 1. The topological polar surface area (TPSA) is 46.3 Å². The standard InChI is InChI=1S/C8H18N2O/c1-4-8(11)7(9)5-6-10(2)3/h7H,4-6,9H2,1-3H3. The number of ketones is 1. The molecule has 0 saturated carbocycles. The first-order chi connectivity index (χ1) is 5.07. The van der Waals surface area contributed by atoms with Crippen molar-refractivity contribution in [2.24, 2.45) is 5.73 Å². The summed E-state index contributed by atoms with van der Waals surface area (Å²) in [7, 11) is 3.95. The lowest BCUT2D eigenvalue weighted by molar-refractivity contribution is -0.120. The molecular formula is C8H18N2O. The van der Waals surface area contributed by atoms with E-state index in [1.54, 1.807) is 0 Å². The predicted molar refractivity (Wildman–Crippen MR) is 46.4 cm³/mol. The minimum Gasteiger partial charge on any atom is -0.321 e. The number of carbonyl (C=O) groups is 1. The third-order valence-electron chi connectivity index (χ3n) is 1.65. The Morgan fingerprint density at radius 1 is 1.55 bits per heavy atom. The molecule has 0 aromatic carbocycles. The molecule has 0 heterocycles. The summed E-state index contributed by atoms with van der Waals surface area (Å²) in [4.78, 5) is 13.0. The maximum Gasteiger partial charge on any atom is 0.149 e. The lowest BCUT2D eigenvalue weighted by atomic mass is 10.1. The second-order valence-electron chi connectivity index (χ2n) is 3.02. The number of Topliss-reactive ketones (excluding diaryl/α,β-unsaturated/α-hetero) is 1. The lowest BCUT2D eigenvalue weighted by Gasteiger charge is -2.13. The van der Waals surface area contributed by atoms with E-state index in [2.05, 4.69) is 0 Å². The Labute approximate surface area is 68.6 Å². The van der Waals surface area contributed by atoms with E-state index in [1.807, 2.05) is 25.9 Å². The first kappa shape index (κ1) is 10.6. The molecule has 0 radical (unpaired) electrons. The minimum atomic E-state index is -0.262. The zero-order valence-corrected chi connectivity index (χ0v) is 7.63. The lowest BCUT2D eigenvalue weighted by Crippen LogP contribution is -2.33. The van der Waals surface area contributed by atoms with Gasteiger partial charge in [-0.1, -0.05) is 6.92 Å². The van der Waals surface area contributed by atoms with E-state index in [0.717, 1.165) is 13.0 Å². The maximum atomic E-state index is 11.0. The first-order valence-corrected chi connectivity index (χ1v) is 4.01. The van der Waals surface area contributed by atoms with Crippen LogP contribution in [0.2, 0.25) is 0 Å². The Kier molecular flexibility index (Phi) is 5.07. The van der Waals surface area contributed by atoms with Crippen LogP contribution in [0.4, 0.5) is 0 Å². The third-order valence-corrected chi connectivity index (χ3v) is 1.65. The molecule has 0 saturated heterocycles. The van der Waals surface area contributed by atoms with E-state index >= 15 is 0 Å². The summed E-state index contributed by atoms with van der Waals surface area (Å²) in [5.41, 5.74) is 5.60. The van der Waals surface area contributed by atoms with E-state index in [-0.39, 0.29) is 11.8 Å². The average Bonchev–Trinajstić information content (AvgIpc) is 1.98. The molecule has 3 heteroatoms. The van der Waals surface area contributed by atoms with Crippen LogP contribution in [-0.2, 0) is 4.79 Å². The van der Waals surface area contributed by atoms with E-state index in [0.29, 0.717) is 6.42 Å². The number of hydrogen-bond acceptors (Lipinski definition) is 3. The number of rotatable bonds is 5. The van der Waals surface area contributed by atoms with Gasteiger partial charge in [-0.3, -0.25) is 4.79 Å². The Morgan fingerprint density at radius 2 is 2.09 bits per heavy atom. The van der Waals surface area contributed by atoms with Crippen LogP contribution in [0.5, 0.6) is 0 Å². The molecule has 0 aromatic heterocycles. The molecule has 0 rings (SSSR count). The second kappa shape index (κ2) is 5.27. The summed E-state index contributed by atoms with van der Waals surface area (Å²) in [6, 6.07) is -0.262. The van der Waals surface area contributed by atoms with E-state index in [4.69, 9.17) is 5.73 Å². The van der Waals surface area contributed by atoms with Crippen molar-refractivity contribution in [3.8, 4) is 0 Å².